The fraction of sp³-hybridized carbons (Fsp3) is 0.800. The first-order valence-electron chi connectivity index (χ1n) is 5.47. The van der Waals surface area contributed by atoms with Gasteiger partial charge in [-0.25, -0.2) is 8.42 Å². The van der Waals surface area contributed by atoms with Crippen LogP contribution in [0.2, 0.25) is 0 Å². The van der Waals surface area contributed by atoms with Crippen molar-refractivity contribution in [1.29, 1.82) is 0 Å². The van der Waals surface area contributed by atoms with Crippen molar-refractivity contribution in [3.63, 3.8) is 0 Å². The van der Waals surface area contributed by atoms with E-state index in [2.05, 4.69) is 5.32 Å². The van der Waals surface area contributed by atoms with Crippen LogP contribution < -0.4 is 5.32 Å². The van der Waals surface area contributed by atoms with Crippen molar-refractivity contribution in [2.45, 2.75) is 19.3 Å². The Kier molecular flexibility index (Phi) is 4.50. The number of hydrogen-bond donors (Lipinski definition) is 2. The van der Waals surface area contributed by atoms with E-state index < -0.39 is 33.4 Å². The predicted octanol–water partition coefficient (Wildman–Crippen LogP) is -0.352. The lowest BCUT2D eigenvalue weighted by Crippen LogP contribution is -2.36. The Balaban J connectivity index is 2.40. The molecular weight excluding hydrogens is 246 g/mol. The van der Waals surface area contributed by atoms with Crippen molar-refractivity contribution in [1.82, 2.24) is 5.32 Å². The molecule has 2 atom stereocenters. The van der Waals surface area contributed by atoms with Gasteiger partial charge in [0.1, 0.15) is 5.75 Å². The number of rotatable bonds is 5. The number of carbonyl (C=O) groups is 2. The topological polar surface area (TPSA) is 101 Å². The maximum Gasteiger partial charge on any atom is 0.306 e. The molecule has 0 heterocycles. The molecule has 7 heteroatoms. The van der Waals surface area contributed by atoms with Crippen LogP contribution in [-0.4, -0.2) is 44.0 Å². The fourth-order valence-corrected chi connectivity index (χ4v) is 2.72. The SMILES string of the molecule is CS(=O)(=O)CC(=O)NCC1CCCC1C(=O)O. The third kappa shape index (κ3) is 4.72. The first-order valence-corrected chi connectivity index (χ1v) is 7.53. The van der Waals surface area contributed by atoms with E-state index in [0.29, 0.717) is 6.42 Å². The molecule has 0 radical (unpaired) electrons. The monoisotopic (exact) mass is 263 g/mol. The standard InChI is InChI=1S/C10H17NO5S/c1-17(15,16)6-9(12)11-5-7-3-2-4-8(7)10(13)14/h7-8H,2-6H2,1H3,(H,11,12)(H,13,14). The number of sulfone groups is 1. The molecule has 0 bridgehead atoms. The van der Waals surface area contributed by atoms with E-state index in [0.717, 1.165) is 19.1 Å². The summed E-state index contributed by atoms with van der Waals surface area (Å²) in [5.41, 5.74) is 0. The van der Waals surface area contributed by atoms with Gasteiger partial charge in [0.25, 0.3) is 0 Å². The number of nitrogens with one attached hydrogen (secondary N) is 1. The van der Waals surface area contributed by atoms with Crippen LogP contribution in [0.4, 0.5) is 0 Å². The molecule has 2 N–H and O–H groups in total. The quantitative estimate of drug-likeness (QED) is 0.706. The molecule has 2 unspecified atom stereocenters. The van der Waals surface area contributed by atoms with Gasteiger partial charge < -0.3 is 10.4 Å². The number of carboxylic acids is 1. The summed E-state index contributed by atoms with van der Waals surface area (Å²) in [6, 6.07) is 0. The van der Waals surface area contributed by atoms with Gasteiger partial charge in [-0.05, 0) is 18.8 Å². The molecule has 0 aliphatic heterocycles. The van der Waals surface area contributed by atoms with E-state index in [9.17, 15) is 18.0 Å². The second kappa shape index (κ2) is 5.48. The molecule has 17 heavy (non-hydrogen) atoms. The van der Waals surface area contributed by atoms with E-state index in [-0.39, 0.29) is 12.5 Å². The van der Waals surface area contributed by atoms with Gasteiger partial charge >= 0.3 is 5.97 Å². The minimum Gasteiger partial charge on any atom is -0.481 e. The summed E-state index contributed by atoms with van der Waals surface area (Å²) >= 11 is 0. The summed E-state index contributed by atoms with van der Waals surface area (Å²) in [7, 11) is -3.33. The van der Waals surface area contributed by atoms with Gasteiger partial charge in [0, 0.05) is 12.8 Å². The molecule has 1 amide bonds. The molecule has 0 aromatic rings. The Morgan fingerprint density at radius 3 is 2.53 bits per heavy atom. The highest BCUT2D eigenvalue weighted by molar-refractivity contribution is 7.91. The van der Waals surface area contributed by atoms with Crippen molar-refractivity contribution in [2.75, 3.05) is 18.6 Å². The van der Waals surface area contributed by atoms with Crippen molar-refractivity contribution in [3.8, 4) is 0 Å². The van der Waals surface area contributed by atoms with Crippen LogP contribution in [0.3, 0.4) is 0 Å². The van der Waals surface area contributed by atoms with Crippen molar-refractivity contribution >= 4 is 21.7 Å². The molecule has 6 nitrogen and oxygen atoms in total. The summed E-state index contributed by atoms with van der Waals surface area (Å²) in [6.45, 7) is 0.241. The maximum absolute atomic E-state index is 11.3. The summed E-state index contributed by atoms with van der Waals surface area (Å²) in [6.07, 6.45) is 3.21. The average Bonchev–Trinajstić information content (AvgIpc) is 2.59. The normalized spacial score (nSPS) is 24.5. The zero-order chi connectivity index (χ0) is 13.1. The molecule has 1 aliphatic carbocycles. The molecule has 1 saturated carbocycles. The zero-order valence-corrected chi connectivity index (χ0v) is 10.5. The number of amides is 1. The second-order valence-corrected chi connectivity index (χ2v) is 6.65. The smallest absolute Gasteiger partial charge is 0.306 e. The molecule has 98 valence electrons. The van der Waals surface area contributed by atoms with Gasteiger partial charge in [-0.3, -0.25) is 9.59 Å². The number of hydrogen-bond acceptors (Lipinski definition) is 4. The third-order valence-corrected chi connectivity index (χ3v) is 3.72. The van der Waals surface area contributed by atoms with Crippen LogP contribution in [0.5, 0.6) is 0 Å². The first kappa shape index (κ1) is 14.0. The Morgan fingerprint density at radius 1 is 1.35 bits per heavy atom. The third-order valence-electron chi connectivity index (χ3n) is 2.93. The molecule has 0 aromatic heterocycles. The minimum absolute atomic E-state index is 0.0870. The highest BCUT2D eigenvalue weighted by Crippen LogP contribution is 2.31. The largest absolute Gasteiger partial charge is 0.481 e. The van der Waals surface area contributed by atoms with Crippen LogP contribution >= 0.6 is 0 Å². The Labute approximate surface area is 100 Å². The van der Waals surface area contributed by atoms with Crippen LogP contribution in [0.15, 0.2) is 0 Å². The summed E-state index contributed by atoms with van der Waals surface area (Å²) in [5, 5.41) is 11.4. The molecule has 0 saturated heterocycles. The molecular formula is C10H17NO5S. The summed E-state index contributed by atoms with van der Waals surface area (Å²) in [4.78, 5) is 22.1. The van der Waals surface area contributed by atoms with Crippen molar-refractivity contribution < 1.29 is 23.1 Å². The summed E-state index contributed by atoms with van der Waals surface area (Å²) in [5.74, 6) is -2.46. The maximum atomic E-state index is 11.3. The minimum atomic E-state index is -3.33. The van der Waals surface area contributed by atoms with Gasteiger partial charge in [0.05, 0.1) is 5.92 Å². The van der Waals surface area contributed by atoms with E-state index in [1.165, 1.54) is 0 Å². The Hall–Kier alpha value is -1.11. The molecule has 1 aliphatic rings. The van der Waals surface area contributed by atoms with E-state index in [1.54, 1.807) is 0 Å². The Morgan fingerprint density at radius 2 is 2.00 bits per heavy atom. The zero-order valence-electron chi connectivity index (χ0n) is 9.68. The van der Waals surface area contributed by atoms with Crippen LogP contribution in [0, 0.1) is 11.8 Å². The Bertz CT molecular complexity index is 403. The number of carboxylic acid groups (broad SMARTS) is 1. The first-order chi connectivity index (χ1) is 7.79. The molecule has 1 rings (SSSR count). The van der Waals surface area contributed by atoms with Gasteiger partial charge in [0.15, 0.2) is 9.84 Å². The van der Waals surface area contributed by atoms with E-state index >= 15 is 0 Å². The molecule has 0 aromatic carbocycles. The number of carbonyl (C=O) groups excluding carboxylic acids is 1. The van der Waals surface area contributed by atoms with Gasteiger partial charge in [-0.1, -0.05) is 6.42 Å². The average molecular weight is 263 g/mol. The molecule has 1 fully saturated rings. The summed E-state index contributed by atoms with van der Waals surface area (Å²) < 4.78 is 21.7. The predicted molar refractivity (Wildman–Crippen MR) is 61.2 cm³/mol. The fourth-order valence-electron chi connectivity index (χ4n) is 2.14. The number of aliphatic carboxylic acids is 1. The van der Waals surface area contributed by atoms with E-state index in [1.807, 2.05) is 0 Å². The highest BCUT2D eigenvalue weighted by atomic mass is 32.2. The second-order valence-electron chi connectivity index (χ2n) is 4.51. The van der Waals surface area contributed by atoms with Crippen LogP contribution in [-0.2, 0) is 19.4 Å². The van der Waals surface area contributed by atoms with Crippen LogP contribution in [0.25, 0.3) is 0 Å². The molecule has 0 spiro atoms. The van der Waals surface area contributed by atoms with Gasteiger partial charge in [-0.2, -0.15) is 0 Å². The van der Waals surface area contributed by atoms with Gasteiger partial charge in [-0.15, -0.1) is 0 Å². The lowest BCUT2D eigenvalue weighted by molar-refractivity contribution is -0.143. The van der Waals surface area contributed by atoms with Crippen LogP contribution in [0.1, 0.15) is 19.3 Å². The van der Waals surface area contributed by atoms with E-state index in [4.69, 9.17) is 5.11 Å². The van der Waals surface area contributed by atoms with Crippen molar-refractivity contribution in [2.24, 2.45) is 11.8 Å². The lowest BCUT2D eigenvalue weighted by Gasteiger charge is -2.16. The van der Waals surface area contributed by atoms with Crippen molar-refractivity contribution in [3.05, 3.63) is 0 Å². The van der Waals surface area contributed by atoms with Gasteiger partial charge in [0.2, 0.25) is 5.91 Å². The lowest BCUT2D eigenvalue weighted by atomic mass is 9.96. The highest BCUT2D eigenvalue weighted by Gasteiger charge is 2.32.